The quantitative estimate of drug-likeness (QED) is 0.314. The molecule has 0 aromatic heterocycles. The van der Waals surface area contributed by atoms with Gasteiger partial charge in [-0.2, -0.15) is 0 Å². The molecule has 2 amide bonds. The van der Waals surface area contributed by atoms with Crippen LogP contribution in [-0.4, -0.2) is 51.4 Å². The van der Waals surface area contributed by atoms with Crippen LogP contribution >= 0.6 is 23.2 Å². The third-order valence-electron chi connectivity index (χ3n) is 6.07. The molecule has 0 spiro atoms. The second-order valence-electron chi connectivity index (χ2n) is 8.51. The van der Waals surface area contributed by atoms with Gasteiger partial charge in [0.15, 0.2) is 0 Å². The average Bonchev–Trinajstić information content (AvgIpc) is 2.94. The van der Waals surface area contributed by atoms with E-state index in [9.17, 15) is 18.0 Å². The number of nitrogens with one attached hydrogen (secondary N) is 1. The number of hydrogen-bond acceptors (Lipinski definition) is 5. The lowest BCUT2D eigenvalue weighted by Crippen LogP contribution is -2.51. The van der Waals surface area contributed by atoms with E-state index in [-0.39, 0.29) is 23.5 Å². The summed E-state index contributed by atoms with van der Waals surface area (Å²) in [6.45, 7) is 3.39. The zero-order chi connectivity index (χ0) is 28.6. The van der Waals surface area contributed by atoms with Crippen LogP contribution in [0.4, 0.5) is 5.69 Å². The summed E-state index contributed by atoms with van der Waals surface area (Å²) in [6, 6.07) is 18.3. The molecule has 208 valence electrons. The molecule has 3 aromatic rings. The number of nitrogens with zero attached hydrogens (tertiary/aromatic N) is 2. The smallest absolute Gasteiger partial charge is 0.264 e. The lowest BCUT2D eigenvalue weighted by Gasteiger charge is -2.33. The van der Waals surface area contributed by atoms with Crippen molar-refractivity contribution < 1.29 is 22.7 Å². The summed E-state index contributed by atoms with van der Waals surface area (Å²) in [5.41, 5.74) is 0.717. The number of hydrogen-bond donors (Lipinski definition) is 1. The summed E-state index contributed by atoms with van der Waals surface area (Å²) < 4.78 is 34.1. The number of carbonyl (C=O) groups is 2. The molecule has 0 saturated carbocycles. The first-order chi connectivity index (χ1) is 18.6. The zero-order valence-electron chi connectivity index (χ0n) is 21.9. The highest BCUT2D eigenvalue weighted by atomic mass is 35.5. The van der Waals surface area contributed by atoms with Crippen molar-refractivity contribution in [2.45, 2.75) is 37.8 Å². The summed E-state index contributed by atoms with van der Waals surface area (Å²) >= 11 is 12.8. The lowest BCUT2D eigenvalue weighted by molar-refractivity contribution is -0.140. The molecule has 1 N–H and O–H groups in total. The second kappa shape index (κ2) is 13.7. The Morgan fingerprint density at radius 2 is 1.54 bits per heavy atom. The number of rotatable bonds is 12. The molecule has 0 aliphatic rings. The maximum atomic E-state index is 14.0. The normalized spacial score (nSPS) is 11.9. The fourth-order valence-corrected chi connectivity index (χ4v) is 6.02. The average molecular weight is 593 g/mol. The Morgan fingerprint density at radius 3 is 2.08 bits per heavy atom. The SMILES string of the molecule is CCOc1ccc(N(CC(=O)N(Cc2c(Cl)cccc2Cl)[C@H](CC)C(=O)NC)S(=O)(=O)c2ccccc2)cc1. The van der Waals surface area contributed by atoms with Gasteiger partial charge in [0.2, 0.25) is 11.8 Å². The van der Waals surface area contributed by atoms with Crippen molar-refractivity contribution in [3.8, 4) is 5.75 Å². The van der Waals surface area contributed by atoms with Crippen LogP contribution < -0.4 is 14.4 Å². The van der Waals surface area contributed by atoms with Crippen LogP contribution in [0.15, 0.2) is 77.7 Å². The van der Waals surface area contributed by atoms with E-state index in [1.165, 1.54) is 24.1 Å². The Labute approximate surface area is 239 Å². The van der Waals surface area contributed by atoms with Gasteiger partial charge < -0.3 is 15.0 Å². The summed E-state index contributed by atoms with van der Waals surface area (Å²) in [5.74, 6) is -0.437. The molecule has 3 rings (SSSR count). The van der Waals surface area contributed by atoms with E-state index in [0.717, 1.165) is 4.31 Å². The van der Waals surface area contributed by atoms with Crippen molar-refractivity contribution in [3.05, 3.63) is 88.4 Å². The molecule has 0 bridgehead atoms. The van der Waals surface area contributed by atoms with Crippen LogP contribution in [0.1, 0.15) is 25.8 Å². The monoisotopic (exact) mass is 591 g/mol. The van der Waals surface area contributed by atoms with Gasteiger partial charge in [0.05, 0.1) is 17.2 Å². The minimum absolute atomic E-state index is 0.0192. The standard InChI is InChI=1S/C28H31Cl2N3O5S/c1-4-26(28(35)31-3)32(18-23-24(29)12-9-13-25(23)30)27(34)19-33(20-14-16-21(17-15-20)38-5-2)39(36,37)22-10-7-6-8-11-22/h6-17,26H,4-5,18-19H2,1-3H3,(H,31,35)/t26-/m1/s1. The highest BCUT2D eigenvalue weighted by Crippen LogP contribution is 2.29. The van der Waals surface area contributed by atoms with E-state index in [0.29, 0.717) is 28.0 Å². The number of halogens is 2. The molecule has 0 aliphatic heterocycles. The highest BCUT2D eigenvalue weighted by molar-refractivity contribution is 7.92. The van der Waals surface area contributed by atoms with Crippen LogP contribution in [0.5, 0.6) is 5.75 Å². The second-order valence-corrected chi connectivity index (χ2v) is 11.2. The Kier molecular flexibility index (Phi) is 10.6. The summed E-state index contributed by atoms with van der Waals surface area (Å²) in [4.78, 5) is 28.1. The van der Waals surface area contributed by atoms with Crippen molar-refractivity contribution >= 4 is 50.7 Å². The Morgan fingerprint density at radius 1 is 0.923 bits per heavy atom. The first-order valence-electron chi connectivity index (χ1n) is 12.4. The molecule has 0 aliphatic carbocycles. The molecule has 0 heterocycles. The fraction of sp³-hybridized carbons (Fsp3) is 0.286. The van der Waals surface area contributed by atoms with Gasteiger partial charge >= 0.3 is 0 Å². The van der Waals surface area contributed by atoms with Crippen molar-refractivity contribution in [1.29, 1.82) is 0 Å². The molecule has 0 saturated heterocycles. The van der Waals surface area contributed by atoms with E-state index in [2.05, 4.69) is 5.32 Å². The van der Waals surface area contributed by atoms with Gasteiger partial charge in [-0.25, -0.2) is 8.42 Å². The first kappa shape index (κ1) is 30.3. The highest BCUT2D eigenvalue weighted by Gasteiger charge is 2.34. The van der Waals surface area contributed by atoms with Gasteiger partial charge in [-0.3, -0.25) is 13.9 Å². The largest absolute Gasteiger partial charge is 0.494 e. The lowest BCUT2D eigenvalue weighted by atomic mass is 10.1. The molecule has 1 atom stereocenters. The maximum absolute atomic E-state index is 14.0. The molecule has 3 aromatic carbocycles. The third-order valence-corrected chi connectivity index (χ3v) is 8.56. The molecular weight excluding hydrogens is 561 g/mol. The van der Waals surface area contributed by atoms with Crippen LogP contribution in [0.3, 0.4) is 0 Å². The molecule has 0 radical (unpaired) electrons. The van der Waals surface area contributed by atoms with Crippen molar-refractivity contribution in [2.24, 2.45) is 0 Å². The van der Waals surface area contributed by atoms with Gasteiger partial charge in [-0.15, -0.1) is 0 Å². The summed E-state index contributed by atoms with van der Waals surface area (Å²) in [7, 11) is -2.69. The molecular formula is C28H31Cl2N3O5S. The number of sulfonamides is 1. The zero-order valence-corrected chi connectivity index (χ0v) is 24.3. The number of amides is 2. The topological polar surface area (TPSA) is 96.0 Å². The van der Waals surface area contributed by atoms with Crippen molar-refractivity contribution in [3.63, 3.8) is 0 Å². The van der Waals surface area contributed by atoms with E-state index in [1.54, 1.807) is 67.6 Å². The van der Waals surface area contributed by atoms with Crippen molar-refractivity contribution in [1.82, 2.24) is 10.2 Å². The van der Waals surface area contributed by atoms with Crippen LogP contribution in [0, 0.1) is 0 Å². The van der Waals surface area contributed by atoms with E-state index >= 15 is 0 Å². The predicted octanol–water partition coefficient (Wildman–Crippen LogP) is 5.14. The number of anilines is 1. The molecule has 8 nitrogen and oxygen atoms in total. The fourth-order valence-electron chi connectivity index (χ4n) is 4.06. The molecule has 0 unspecified atom stereocenters. The van der Waals surface area contributed by atoms with Crippen LogP contribution in [0.25, 0.3) is 0 Å². The van der Waals surface area contributed by atoms with Crippen LogP contribution in [0.2, 0.25) is 10.0 Å². The van der Waals surface area contributed by atoms with E-state index in [1.807, 2.05) is 6.92 Å². The minimum atomic E-state index is -4.16. The number of likely N-dealkylation sites (N-methyl/N-ethyl adjacent to an activating group) is 1. The first-order valence-corrected chi connectivity index (χ1v) is 14.6. The van der Waals surface area contributed by atoms with Gasteiger partial charge in [-0.05, 0) is 61.9 Å². The van der Waals surface area contributed by atoms with E-state index in [4.69, 9.17) is 27.9 Å². The van der Waals surface area contributed by atoms with E-state index < -0.39 is 34.4 Å². The summed E-state index contributed by atoms with van der Waals surface area (Å²) in [5, 5.41) is 3.23. The maximum Gasteiger partial charge on any atom is 0.264 e. The summed E-state index contributed by atoms with van der Waals surface area (Å²) in [6.07, 6.45) is 0.280. The van der Waals surface area contributed by atoms with Crippen molar-refractivity contribution in [2.75, 3.05) is 24.5 Å². The molecule has 11 heteroatoms. The van der Waals surface area contributed by atoms with Gasteiger partial charge in [0.25, 0.3) is 10.0 Å². The van der Waals surface area contributed by atoms with Gasteiger partial charge in [0.1, 0.15) is 18.3 Å². The van der Waals surface area contributed by atoms with Gasteiger partial charge in [-0.1, -0.05) is 54.4 Å². The number of ether oxygens (including phenoxy) is 1. The Bertz CT molecular complexity index is 1370. The molecule has 39 heavy (non-hydrogen) atoms. The number of benzene rings is 3. The van der Waals surface area contributed by atoms with Crippen LogP contribution in [-0.2, 0) is 26.2 Å². The minimum Gasteiger partial charge on any atom is -0.494 e. The third kappa shape index (κ3) is 7.23. The Balaban J connectivity index is 2.08. The Hall–Kier alpha value is -3.27. The van der Waals surface area contributed by atoms with Gasteiger partial charge in [0, 0.05) is 29.2 Å². The molecule has 0 fully saturated rings. The predicted molar refractivity (Wildman–Crippen MR) is 154 cm³/mol. The number of carbonyl (C=O) groups excluding carboxylic acids is 2.